The summed E-state index contributed by atoms with van der Waals surface area (Å²) < 4.78 is 5.36. The van der Waals surface area contributed by atoms with E-state index in [1.165, 1.54) is 0 Å². The third-order valence-electron chi connectivity index (χ3n) is 5.32. The van der Waals surface area contributed by atoms with Crippen molar-refractivity contribution in [1.29, 1.82) is 0 Å². The molecule has 1 amide bonds. The number of aromatic hydroxyl groups is 1. The summed E-state index contributed by atoms with van der Waals surface area (Å²) in [6, 6.07) is 14.1. The molecule has 5 aromatic rings. The molecule has 0 aliphatic heterocycles. The standard InChI is InChI=1S/C24H21N7O3/c1-13-27-21(31-30-13)12-26-23(33)15-5-7-18-19(11-15)29-22(28-18)17-10-14(6-8-20(17)32)16-4-3-9-25-24(16)34-2/h3-11,32H,12H2,1-2H3,(H,26,33)(H,28,29)(H,27,30,31). The second kappa shape index (κ2) is 8.66. The summed E-state index contributed by atoms with van der Waals surface area (Å²) in [4.78, 5) is 28.8. The molecule has 10 heteroatoms. The molecule has 0 atom stereocenters. The van der Waals surface area contributed by atoms with Gasteiger partial charge in [-0.05, 0) is 55.0 Å². The number of carbonyl (C=O) groups is 1. The predicted molar refractivity (Wildman–Crippen MR) is 125 cm³/mol. The molecule has 2 aromatic carbocycles. The minimum Gasteiger partial charge on any atom is -0.507 e. The molecule has 0 saturated heterocycles. The maximum absolute atomic E-state index is 12.6. The highest BCUT2D eigenvalue weighted by molar-refractivity contribution is 5.97. The summed E-state index contributed by atoms with van der Waals surface area (Å²) in [5.74, 6) is 1.98. The maximum atomic E-state index is 12.6. The normalized spacial score (nSPS) is 11.0. The number of methoxy groups -OCH3 is 1. The molecular weight excluding hydrogens is 434 g/mol. The molecule has 0 bridgehead atoms. The van der Waals surface area contributed by atoms with Gasteiger partial charge < -0.3 is 20.1 Å². The number of hydrogen-bond acceptors (Lipinski definition) is 7. The molecule has 0 spiro atoms. The third-order valence-corrected chi connectivity index (χ3v) is 5.32. The van der Waals surface area contributed by atoms with Gasteiger partial charge in [0.05, 0.1) is 30.3 Å². The number of H-pyrrole nitrogens is 2. The fourth-order valence-electron chi connectivity index (χ4n) is 3.67. The lowest BCUT2D eigenvalue weighted by atomic mass is 10.0. The Morgan fingerprint density at radius 3 is 2.79 bits per heavy atom. The molecule has 34 heavy (non-hydrogen) atoms. The molecule has 0 aliphatic carbocycles. The van der Waals surface area contributed by atoms with Crippen LogP contribution in [0.25, 0.3) is 33.5 Å². The van der Waals surface area contributed by atoms with Crippen LogP contribution in [0.2, 0.25) is 0 Å². The van der Waals surface area contributed by atoms with Crippen LogP contribution in [0.15, 0.2) is 54.7 Å². The summed E-state index contributed by atoms with van der Waals surface area (Å²) in [6.07, 6.45) is 1.66. The molecule has 0 aliphatic rings. The molecule has 3 aromatic heterocycles. The highest BCUT2D eigenvalue weighted by Crippen LogP contribution is 2.35. The van der Waals surface area contributed by atoms with Crippen LogP contribution in [0.5, 0.6) is 11.6 Å². The second-order valence-electron chi connectivity index (χ2n) is 7.63. The van der Waals surface area contributed by atoms with Gasteiger partial charge in [-0.1, -0.05) is 6.07 Å². The Labute approximate surface area is 194 Å². The van der Waals surface area contributed by atoms with E-state index >= 15 is 0 Å². The van der Waals surface area contributed by atoms with E-state index in [-0.39, 0.29) is 18.2 Å². The van der Waals surface area contributed by atoms with E-state index in [4.69, 9.17) is 4.74 Å². The van der Waals surface area contributed by atoms with Gasteiger partial charge in [0.25, 0.3) is 5.91 Å². The van der Waals surface area contributed by atoms with Gasteiger partial charge in [-0.15, -0.1) is 0 Å². The van der Waals surface area contributed by atoms with Crippen molar-refractivity contribution in [1.82, 2.24) is 35.5 Å². The van der Waals surface area contributed by atoms with Crippen molar-refractivity contribution in [2.24, 2.45) is 0 Å². The van der Waals surface area contributed by atoms with Crippen LogP contribution in [-0.4, -0.2) is 48.3 Å². The molecule has 5 rings (SSSR count). The van der Waals surface area contributed by atoms with Crippen LogP contribution < -0.4 is 10.1 Å². The van der Waals surface area contributed by atoms with E-state index in [0.29, 0.717) is 45.5 Å². The number of nitrogens with one attached hydrogen (secondary N) is 3. The number of amides is 1. The van der Waals surface area contributed by atoms with Gasteiger partial charge in [-0.2, -0.15) is 5.10 Å². The van der Waals surface area contributed by atoms with Crippen LogP contribution in [0, 0.1) is 6.92 Å². The SMILES string of the molecule is COc1ncccc1-c1ccc(O)c(-c2nc3ccc(C(=O)NCc4n[nH]c(C)n4)cc3[nH]2)c1. The largest absolute Gasteiger partial charge is 0.507 e. The number of phenols is 1. The summed E-state index contributed by atoms with van der Waals surface area (Å²) in [5, 5.41) is 20.1. The van der Waals surface area contributed by atoms with Gasteiger partial charge >= 0.3 is 0 Å². The van der Waals surface area contributed by atoms with Crippen LogP contribution >= 0.6 is 0 Å². The lowest BCUT2D eigenvalue weighted by Gasteiger charge is -2.09. The first-order valence-corrected chi connectivity index (χ1v) is 10.5. The Hall–Kier alpha value is -4.73. The molecule has 0 fully saturated rings. The summed E-state index contributed by atoms with van der Waals surface area (Å²) in [7, 11) is 1.56. The number of aromatic amines is 2. The summed E-state index contributed by atoms with van der Waals surface area (Å²) in [6.45, 7) is 2.01. The summed E-state index contributed by atoms with van der Waals surface area (Å²) >= 11 is 0. The zero-order valence-electron chi connectivity index (χ0n) is 18.5. The first kappa shape index (κ1) is 21.1. The molecule has 4 N–H and O–H groups in total. The van der Waals surface area contributed by atoms with Gasteiger partial charge in [0.1, 0.15) is 17.4 Å². The highest BCUT2D eigenvalue weighted by atomic mass is 16.5. The van der Waals surface area contributed by atoms with Crippen molar-refractivity contribution in [2.45, 2.75) is 13.5 Å². The van der Waals surface area contributed by atoms with Crippen LogP contribution in [-0.2, 0) is 6.54 Å². The predicted octanol–water partition coefficient (Wildman–Crippen LogP) is 3.36. The first-order chi connectivity index (χ1) is 16.5. The Bertz CT molecular complexity index is 1510. The average molecular weight is 455 g/mol. The highest BCUT2D eigenvalue weighted by Gasteiger charge is 2.15. The zero-order valence-corrected chi connectivity index (χ0v) is 18.5. The number of hydrogen-bond donors (Lipinski definition) is 4. The molecule has 0 saturated carbocycles. The first-order valence-electron chi connectivity index (χ1n) is 10.5. The number of pyridine rings is 1. The number of rotatable bonds is 6. The van der Waals surface area contributed by atoms with E-state index in [1.807, 2.05) is 18.2 Å². The lowest BCUT2D eigenvalue weighted by molar-refractivity contribution is 0.0950. The molecule has 3 heterocycles. The van der Waals surface area contributed by atoms with Crippen LogP contribution in [0.3, 0.4) is 0 Å². The van der Waals surface area contributed by atoms with Crippen molar-refractivity contribution in [3.05, 3.63) is 71.9 Å². The minimum atomic E-state index is -0.256. The van der Waals surface area contributed by atoms with Gasteiger partial charge in [0, 0.05) is 17.3 Å². The number of imidazole rings is 1. The average Bonchev–Trinajstić information content (AvgIpc) is 3.48. The number of nitrogens with zero attached hydrogens (tertiary/aromatic N) is 4. The monoisotopic (exact) mass is 455 g/mol. The van der Waals surface area contributed by atoms with E-state index in [1.54, 1.807) is 50.6 Å². The second-order valence-corrected chi connectivity index (χ2v) is 7.63. The molecular formula is C24H21N7O3. The number of carbonyl (C=O) groups excluding carboxylic acids is 1. The van der Waals surface area contributed by atoms with Crippen molar-refractivity contribution in [2.75, 3.05) is 7.11 Å². The number of fused-ring (bicyclic) bond motifs is 1. The van der Waals surface area contributed by atoms with E-state index in [2.05, 4.69) is 35.5 Å². The van der Waals surface area contributed by atoms with Crippen molar-refractivity contribution >= 4 is 16.9 Å². The number of benzene rings is 2. The molecule has 10 nitrogen and oxygen atoms in total. The molecule has 0 radical (unpaired) electrons. The van der Waals surface area contributed by atoms with Gasteiger partial charge in [-0.25, -0.2) is 15.0 Å². The van der Waals surface area contributed by atoms with E-state index < -0.39 is 0 Å². The fourth-order valence-corrected chi connectivity index (χ4v) is 3.67. The maximum Gasteiger partial charge on any atom is 0.251 e. The quantitative estimate of drug-likeness (QED) is 0.307. The van der Waals surface area contributed by atoms with E-state index in [9.17, 15) is 9.90 Å². The summed E-state index contributed by atoms with van der Waals surface area (Å²) in [5.41, 5.74) is 3.93. The molecule has 0 unspecified atom stereocenters. The van der Waals surface area contributed by atoms with Crippen molar-refractivity contribution < 1.29 is 14.6 Å². The topological polar surface area (TPSA) is 142 Å². The van der Waals surface area contributed by atoms with Crippen molar-refractivity contribution in [3.8, 4) is 34.1 Å². The fraction of sp³-hybridized carbons (Fsp3) is 0.125. The third kappa shape index (κ3) is 4.04. The Morgan fingerprint density at radius 2 is 2.00 bits per heavy atom. The van der Waals surface area contributed by atoms with Crippen LogP contribution in [0.1, 0.15) is 22.0 Å². The van der Waals surface area contributed by atoms with Crippen molar-refractivity contribution in [3.63, 3.8) is 0 Å². The number of phenolic OH excluding ortho intramolecular Hbond substituents is 1. The van der Waals surface area contributed by atoms with Gasteiger partial charge in [0.2, 0.25) is 5.88 Å². The van der Waals surface area contributed by atoms with Crippen LogP contribution in [0.4, 0.5) is 0 Å². The van der Waals surface area contributed by atoms with E-state index in [0.717, 1.165) is 11.1 Å². The van der Waals surface area contributed by atoms with Gasteiger partial charge in [-0.3, -0.25) is 9.89 Å². The number of aromatic nitrogens is 6. The Morgan fingerprint density at radius 1 is 1.12 bits per heavy atom. The molecule has 170 valence electrons. The number of aryl methyl sites for hydroxylation is 1. The smallest absolute Gasteiger partial charge is 0.251 e. The zero-order chi connectivity index (χ0) is 23.7. The Balaban J connectivity index is 1.44. The van der Waals surface area contributed by atoms with Gasteiger partial charge in [0.15, 0.2) is 5.82 Å². The Kier molecular flexibility index (Phi) is 5.38. The minimum absolute atomic E-state index is 0.0745. The number of ether oxygens (including phenoxy) is 1. The lowest BCUT2D eigenvalue weighted by Crippen LogP contribution is -2.23.